The Morgan fingerprint density at radius 3 is 2.35 bits per heavy atom. The maximum Gasteiger partial charge on any atom is 0.120 e. The van der Waals surface area contributed by atoms with Crippen molar-refractivity contribution in [3.8, 4) is 5.75 Å². The Bertz CT molecular complexity index is 530. The van der Waals surface area contributed by atoms with E-state index in [9.17, 15) is 0 Å². The number of hydrogen-bond acceptors (Lipinski definition) is 3. The predicted molar refractivity (Wildman–Crippen MR) is 81.2 cm³/mol. The Morgan fingerprint density at radius 2 is 1.80 bits per heavy atom. The van der Waals surface area contributed by atoms with Crippen LogP contribution in [-0.4, -0.2) is 13.2 Å². The molecule has 0 spiro atoms. The molecule has 1 N–H and O–H groups in total. The first kappa shape index (κ1) is 14.7. The molecule has 108 valence electrons. The molecule has 3 heteroatoms. The van der Waals surface area contributed by atoms with Crippen molar-refractivity contribution in [3.63, 3.8) is 0 Å². The fourth-order valence-corrected chi connectivity index (χ4v) is 2.37. The van der Waals surface area contributed by atoms with Crippen LogP contribution in [0.15, 0.2) is 40.8 Å². The molecule has 2 atom stereocenters. The highest BCUT2D eigenvalue weighted by Gasteiger charge is 2.12. The van der Waals surface area contributed by atoms with E-state index in [4.69, 9.17) is 9.15 Å². The van der Waals surface area contributed by atoms with Crippen LogP contribution in [0.5, 0.6) is 5.75 Å². The van der Waals surface area contributed by atoms with Crippen molar-refractivity contribution >= 4 is 0 Å². The highest BCUT2D eigenvalue weighted by molar-refractivity contribution is 5.27. The molecule has 0 saturated heterocycles. The monoisotopic (exact) mass is 273 g/mol. The number of benzene rings is 1. The summed E-state index contributed by atoms with van der Waals surface area (Å²) in [5, 5.41) is 3.56. The molecule has 0 amide bonds. The van der Waals surface area contributed by atoms with Crippen molar-refractivity contribution in [2.24, 2.45) is 0 Å². The molecule has 2 unspecified atom stereocenters. The van der Waals surface area contributed by atoms with Crippen LogP contribution in [0, 0.1) is 6.92 Å². The predicted octanol–water partition coefficient (Wildman–Crippen LogP) is 3.88. The Labute approximate surface area is 121 Å². The van der Waals surface area contributed by atoms with Gasteiger partial charge < -0.3 is 14.5 Å². The first-order valence-corrected chi connectivity index (χ1v) is 7.04. The maximum atomic E-state index is 5.65. The summed E-state index contributed by atoms with van der Waals surface area (Å²) < 4.78 is 10.8. The largest absolute Gasteiger partial charge is 0.497 e. The molecule has 2 aromatic rings. The van der Waals surface area contributed by atoms with Gasteiger partial charge in [0.2, 0.25) is 0 Å². The van der Waals surface area contributed by atoms with E-state index in [-0.39, 0.29) is 6.04 Å². The lowest BCUT2D eigenvalue weighted by atomic mass is 10.1. The fourth-order valence-electron chi connectivity index (χ4n) is 2.37. The zero-order valence-electron chi connectivity index (χ0n) is 12.6. The maximum absolute atomic E-state index is 5.65. The van der Waals surface area contributed by atoms with E-state index in [0.717, 1.165) is 23.7 Å². The number of rotatable bonds is 6. The van der Waals surface area contributed by atoms with E-state index < -0.39 is 0 Å². The molecule has 1 aromatic carbocycles. The lowest BCUT2D eigenvalue weighted by Gasteiger charge is -2.18. The average Bonchev–Trinajstić information content (AvgIpc) is 2.86. The molecule has 0 aliphatic rings. The number of ether oxygens (including phenoxy) is 1. The SMILES string of the molecule is COc1ccc(CC(C)NC(C)c2ccc(C)o2)cc1. The van der Waals surface area contributed by atoms with Gasteiger partial charge in [-0.05, 0) is 57.0 Å². The van der Waals surface area contributed by atoms with Crippen molar-refractivity contribution < 1.29 is 9.15 Å². The van der Waals surface area contributed by atoms with Crippen molar-refractivity contribution in [1.29, 1.82) is 0 Å². The van der Waals surface area contributed by atoms with Gasteiger partial charge in [-0.25, -0.2) is 0 Å². The summed E-state index contributed by atoms with van der Waals surface area (Å²) >= 11 is 0. The molecular weight excluding hydrogens is 250 g/mol. The second-order valence-electron chi connectivity index (χ2n) is 5.29. The zero-order valence-corrected chi connectivity index (χ0v) is 12.6. The molecule has 0 bridgehead atoms. The summed E-state index contributed by atoms with van der Waals surface area (Å²) in [6.45, 7) is 6.29. The van der Waals surface area contributed by atoms with Crippen LogP contribution in [-0.2, 0) is 6.42 Å². The van der Waals surface area contributed by atoms with E-state index in [1.54, 1.807) is 7.11 Å². The molecule has 0 aliphatic heterocycles. The third-order valence-electron chi connectivity index (χ3n) is 3.42. The summed E-state index contributed by atoms with van der Waals surface area (Å²) in [5.74, 6) is 2.84. The molecule has 0 radical (unpaired) electrons. The van der Waals surface area contributed by atoms with E-state index in [1.807, 2.05) is 31.2 Å². The normalized spacial score (nSPS) is 14.0. The molecule has 3 nitrogen and oxygen atoms in total. The first-order chi connectivity index (χ1) is 9.58. The molecule has 2 rings (SSSR count). The Balaban J connectivity index is 1.89. The van der Waals surface area contributed by atoms with E-state index in [0.29, 0.717) is 6.04 Å². The van der Waals surface area contributed by atoms with Crippen LogP contribution < -0.4 is 10.1 Å². The topological polar surface area (TPSA) is 34.4 Å². The third kappa shape index (κ3) is 3.87. The van der Waals surface area contributed by atoms with Gasteiger partial charge in [0.25, 0.3) is 0 Å². The minimum Gasteiger partial charge on any atom is -0.497 e. The Kier molecular flexibility index (Phi) is 4.85. The van der Waals surface area contributed by atoms with Gasteiger partial charge in [-0.15, -0.1) is 0 Å². The van der Waals surface area contributed by atoms with Gasteiger partial charge in [0.1, 0.15) is 17.3 Å². The summed E-state index contributed by atoms with van der Waals surface area (Å²) in [5.41, 5.74) is 1.30. The van der Waals surface area contributed by atoms with Crippen LogP contribution >= 0.6 is 0 Å². The molecule has 0 aliphatic carbocycles. The van der Waals surface area contributed by atoms with Crippen LogP contribution in [0.2, 0.25) is 0 Å². The first-order valence-electron chi connectivity index (χ1n) is 7.04. The van der Waals surface area contributed by atoms with Gasteiger partial charge in [-0.2, -0.15) is 0 Å². The van der Waals surface area contributed by atoms with E-state index >= 15 is 0 Å². The molecule has 0 fully saturated rings. The minimum atomic E-state index is 0.219. The number of aryl methyl sites for hydroxylation is 1. The number of hydrogen-bond donors (Lipinski definition) is 1. The number of methoxy groups -OCH3 is 1. The molecule has 0 saturated carbocycles. The highest BCUT2D eigenvalue weighted by Crippen LogP contribution is 2.17. The molecular formula is C17H23NO2. The van der Waals surface area contributed by atoms with Gasteiger partial charge >= 0.3 is 0 Å². The van der Waals surface area contributed by atoms with Crippen LogP contribution in [0.3, 0.4) is 0 Å². The van der Waals surface area contributed by atoms with Crippen LogP contribution in [0.25, 0.3) is 0 Å². The molecule has 20 heavy (non-hydrogen) atoms. The lowest BCUT2D eigenvalue weighted by Crippen LogP contribution is -2.30. The van der Waals surface area contributed by atoms with E-state index in [2.05, 4.69) is 31.3 Å². The van der Waals surface area contributed by atoms with Crippen LogP contribution in [0.1, 0.15) is 37.0 Å². The van der Waals surface area contributed by atoms with Crippen molar-refractivity contribution in [2.45, 2.75) is 39.3 Å². The number of nitrogens with one attached hydrogen (secondary N) is 1. The number of furan rings is 1. The standard InChI is InChI=1S/C17H23NO2/c1-12(11-15-6-8-16(19-4)9-7-15)18-14(3)17-10-5-13(2)20-17/h5-10,12,14,18H,11H2,1-4H3. The summed E-state index contributed by atoms with van der Waals surface area (Å²) in [7, 11) is 1.69. The van der Waals surface area contributed by atoms with Gasteiger partial charge in [0, 0.05) is 6.04 Å². The van der Waals surface area contributed by atoms with Crippen molar-refractivity contribution in [2.75, 3.05) is 7.11 Å². The van der Waals surface area contributed by atoms with Crippen LogP contribution in [0.4, 0.5) is 0 Å². The average molecular weight is 273 g/mol. The lowest BCUT2D eigenvalue weighted by molar-refractivity contribution is 0.387. The van der Waals surface area contributed by atoms with Gasteiger partial charge in [-0.1, -0.05) is 12.1 Å². The fraction of sp³-hybridized carbons (Fsp3) is 0.412. The Morgan fingerprint density at radius 1 is 1.10 bits per heavy atom. The smallest absolute Gasteiger partial charge is 0.120 e. The van der Waals surface area contributed by atoms with Gasteiger partial charge in [0.05, 0.1) is 13.2 Å². The minimum absolute atomic E-state index is 0.219. The van der Waals surface area contributed by atoms with E-state index in [1.165, 1.54) is 5.56 Å². The summed E-state index contributed by atoms with van der Waals surface area (Å²) in [6.07, 6.45) is 0.980. The van der Waals surface area contributed by atoms with Gasteiger partial charge in [0.15, 0.2) is 0 Å². The second-order valence-corrected chi connectivity index (χ2v) is 5.29. The molecule has 1 heterocycles. The quantitative estimate of drug-likeness (QED) is 0.867. The second kappa shape index (κ2) is 6.62. The zero-order chi connectivity index (χ0) is 14.5. The molecule has 1 aromatic heterocycles. The summed E-state index contributed by atoms with van der Waals surface area (Å²) in [6, 6.07) is 12.9. The third-order valence-corrected chi connectivity index (χ3v) is 3.42. The van der Waals surface area contributed by atoms with Crippen molar-refractivity contribution in [3.05, 3.63) is 53.5 Å². The van der Waals surface area contributed by atoms with Crippen molar-refractivity contribution in [1.82, 2.24) is 5.32 Å². The Hall–Kier alpha value is -1.74. The summed E-state index contributed by atoms with van der Waals surface area (Å²) in [4.78, 5) is 0. The highest BCUT2D eigenvalue weighted by atomic mass is 16.5. The van der Waals surface area contributed by atoms with Gasteiger partial charge in [-0.3, -0.25) is 0 Å².